The number of ether oxygens (including phenoxy) is 3. The molecule has 1 fully saturated rings. The Bertz CT molecular complexity index is 1430. The van der Waals surface area contributed by atoms with Crippen molar-refractivity contribution in [3.63, 3.8) is 0 Å². The summed E-state index contributed by atoms with van der Waals surface area (Å²) in [6.45, 7) is 7.62. The fourth-order valence-electron chi connectivity index (χ4n) is 4.09. The molecule has 5 atom stereocenters. The average molecular weight is 766 g/mol. The van der Waals surface area contributed by atoms with Crippen molar-refractivity contribution < 1.29 is 42.5 Å². The van der Waals surface area contributed by atoms with Gasteiger partial charge in [-0.05, 0) is 59.4 Å². The van der Waals surface area contributed by atoms with Crippen LogP contribution in [0.25, 0.3) is 0 Å². The number of hydrogen-bond acceptors (Lipinski definition) is 11. The Morgan fingerprint density at radius 2 is 1.76 bits per heavy atom. The highest BCUT2D eigenvalue weighted by Gasteiger charge is 2.41. The normalized spacial score (nSPS) is 20.1. The van der Waals surface area contributed by atoms with Crippen molar-refractivity contribution in [2.24, 2.45) is 11.8 Å². The summed E-state index contributed by atoms with van der Waals surface area (Å²) in [6.07, 6.45) is -1.20. The number of nitrogens with zero attached hydrogens (tertiary/aromatic N) is 1. The first-order valence-electron chi connectivity index (χ1n) is 14.7. The molecule has 3 rings (SSSR count). The van der Waals surface area contributed by atoms with Gasteiger partial charge in [-0.3, -0.25) is 28.5 Å². The van der Waals surface area contributed by atoms with Crippen molar-refractivity contribution in [1.82, 2.24) is 14.6 Å². The molecule has 1 aliphatic heterocycles. The number of carbonyl (C=O) groups is 2. The number of nitrogens with one attached hydrogen (secondary N) is 2. The SMILES string of the molecule is CC(C)CCOC(=O)C[C@H](NP(=O)(OC[C@H]1O[C@@H](n2cc(I)c(=O)[nH]c2=O)C[C@@H]1O)Oc1ccccc1)C(=O)OCCC(C)C. The van der Waals surface area contributed by atoms with E-state index in [1.807, 2.05) is 27.7 Å². The molecular weight excluding hydrogens is 724 g/mol. The van der Waals surface area contributed by atoms with Crippen LogP contribution in [0, 0.1) is 15.4 Å². The Hall–Kier alpha value is -2.56. The molecule has 0 radical (unpaired) electrons. The van der Waals surface area contributed by atoms with E-state index in [2.05, 4.69) is 10.1 Å². The van der Waals surface area contributed by atoms with Crippen LogP contribution in [0.4, 0.5) is 0 Å². The van der Waals surface area contributed by atoms with Gasteiger partial charge in [0.05, 0.1) is 35.9 Å². The fourth-order valence-corrected chi connectivity index (χ4v) is 6.03. The number of halogens is 1. The predicted molar refractivity (Wildman–Crippen MR) is 172 cm³/mol. The van der Waals surface area contributed by atoms with E-state index in [9.17, 15) is 28.8 Å². The van der Waals surface area contributed by atoms with Crippen LogP contribution in [0.3, 0.4) is 0 Å². The Labute approximate surface area is 274 Å². The van der Waals surface area contributed by atoms with Crippen molar-refractivity contribution in [3.05, 3.63) is 60.9 Å². The molecule has 0 spiro atoms. The maximum atomic E-state index is 14.2. The number of carbonyl (C=O) groups excluding carboxylic acids is 2. The molecule has 45 heavy (non-hydrogen) atoms. The maximum Gasteiger partial charge on any atom is 0.459 e. The number of para-hydroxylation sites is 1. The minimum Gasteiger partial charge on any atom is -0.466 e. The summed E-state index contributed by atoms with van der Waals surface area (Å²) in [5.74, 6) is -0.877. The van der Waals surface area contributed by atoms with E-state index in [0.29, 0.717) is 18.8 Å². The van der Waals surface area contributed by atoms with Gasteiger partial charge in [-0.25, -0.2) is 9.36 Å². The number of aromatic nitrogens is 2. The van der Waals surface area contributed by atoms with Crippen molar-refractivity contribution in [3.8, 4) is 5.75 Å². The third-order valence-electron chi connectivity index (χ3n) is 6.68. The second-order valence-electron chi connectivity index (χ2n) is 11.4. The Balaban J connectivity index is 1.79. The van der Waals surface area contributed by atoms with E-state index in [1.165, 1.54) is 18.3 Å². The first-order chi connectivity index (χ1) is 21.3. The molecule has 0 saturated carbocycles. The number of benzene rings is 1. The van der Waals surface area contributed by atoms with Gasteiger partial charge in [0, 0.05) is 12.6 Å². The second kappa shape index (κ2) is 17.4. The quantitative estimate of drug-likeness (QED) is 0.121. The third-order valence-corrected chi connectivity index (χ3v) is 9.02. The van der Waals surface area contributed by atoms with Crippen LogP contribution in [0.15, 0.2) is 46.1 Å². The van der Waals surface area contributed by atoms with Gasteiger partial charge in [-0.1, -0.05) is 45.9 Å². The first kappa shape index (κ1) is 36.9. The monoisotopic (exact) mass is 765 g/mol. The van der Waals surface area contributed by atoms with Crippen molar-refractivity contribution in [1.29, 1.82) is 0 Å². The van der Waals surface area contributed by atoms with Gasteiger partial charge in [0.1, 0.15) is 24.1 Å². The van der Waals surface area contributed by atoms with E-state index in [1.54, 1.807) is 40.8 Å². The molecule has 0 bridgehead atoms. The standard InChI is InChI=1S/C29H41IN3O11P/c1-18(2)10-12-40-26(35)14-22(28(37)41-13-11-19(3)4)32-45(39,44-20-8-6-5-7-9-20)42-17-24-23(34)15-25(43-24)33-16-21(30)27(36)31-29(33)38/h5-9,16,18-19,22-25,34H,10-15,17H2,1-4H3,(H,32,39)(H,31,36,38)/t22-,23-,24+,25+,45?/m0/s1. The molecule has 3 N–H and O–H groups in total. The summed E-state index contributed by atoms with van der Waals surface area (Å²) in [7, 11) is -4.46. The highest BCUT2D eigenvalue weighted by atomic mass is 127. The molecule has 250 valence electrons. The highest BCUT2D eigenvalue weighted by Crippen LogP contribution is 2.46. The third kappa shape index (κ3) is 12.0. The molecule has 2 aromatic rings. The summed E-state index contributed by atoms with van der Waals surface area (Å²) in [5, 5.41) is 13.2. The largest absolute Gasteiger partial charge is 0.466 e. The number of esters is 2. The van der Waals surface area contributed by atoms with E-state index in [4.69, 9.17) is 23.3 Å². The van der Waals surface area contributed by atoms with E-state index >= 15 is 0 Å². The zero-order chi connectivity index (χ0) is 33.1. The topological polar surface area (TPSA) is 184 Å². The lowest BCUT2D eigenvalue weighted by molar-refractivity contribution is -0.152. The fraction of sp³-hybridized carbons (Fsp3) is 0.586. The Morgan fingerprint density at radius 1 is 1.11 bits per heavy atom. The van der Waals surface area contributed by atoms with Crippen molar-refractivity contribution >= 4 is 42.3 Å². The lowest BCUT2D eigenvalue weighted by atomic mass is 10.1. The number of hydrogen-bond donors (Lipinski definition) is 3. The minimum atomic E-state index is -4.46. The summed E-state index contributed by atoms with van der Waals surface area (Å²) in [5.41, 5.74) is -1.28. The van der Waals surface area contributed by atoms with Crippen LogP contribution >= 0.6 is 30.3 Å². The molecular formula is C29H41IN3O11P. The molecule has 2 heterocycles. The molecule has 14 nitrogen and oxygen atoms in total. The van der Waals surface area contributed by atoms with Gasteiger partial charge in [-0.2, -0.15) is 5.09 Å². The smallest absolute Gasteiger partial charge is 0.459 e. The van der Waals surface area contributed by atoms with Crippen LogP contribution in [0.1, 0.15) is 59.6 Å². The van der Waals surface area contributed by atoms with Crippen molar-refractivity contribution in [2.45, 2.75) is 77.9 Å². The van der Waals surface area contributed by atoms with Gasteiger partial charge in [0.15, 0.2) is 0 Å². The summed E-state index contributed by atoms with van der Waals surface area (Å²) in [6, 6.07) is 6.59. The molecule has 1 unspecified atom stereocenters. The average Bonchev–Trinajstić information content (AvgIpc) is 3.33. The highest BCUT2D eigenvalue weighted by molar-refractivity contribution is 14.1. The Kier molecular flexibility index (Phi) is 14.3. The van der Waals surface area contributed by atoms with Gasteiger partial charge < -0.3 is 23.8 Å². The summed E-state index contributed by atoms with van der Waals surface area (Å²) >= 11 is 1.77. The van der Waals surface area contributed by atoms with Crippen LogP contribution in [-0.4, -0.2) is 64.7 Å². The molecule has 1 saturated heterocycles. The number of aromatic amines is 1. The first-order valence-corrected chi connectivity index (χ1v) is 17.3. The maximum absolute atomic E-state index is 14.2. The minimum absolute atomic E-state index is 0.0274. The second-order valence-corrected chi connectivity index (χ2v) is 14.3. The lowest BCUT2D eigenvalue weighted by Gasteiger charge is -2.26. The van der Waals surface area contributed by atoms with E-state index < -0.39 is 68.4 Å². The van der Waals surface area contributed by atoms with Crippen LogP contribution in [-0.2, 0) is 32.9 Å². The summed E-state index contributed by atoms with van der Waals surface area (Å²) in [4.78, 5) is 52.1. The van der Waals surface area contributed by atoms with Crippen LogP contribution < -0.4 is 20.9 Å². The summed E-state index contributed by atoms with van der Waals surface area (Å²) < 4.78 is 43.4. The zero-order valence-corrected chi connectivity index (χ0v) is 28.7. The number of rotatable bonds is 17. The van der Waals surface area contributed by atoms with Crippen LogP contribution in [0.2, 0.25) is 0 Å². The molecule has 1 aromatic heterocycles. The zero-order valence-electron chi connectivity index (χ0n) is 25.7. The van der Waals surface area contributed by atoms with Gasteiger partial charge in [0.25, 0.3) is 5.56 Å². The molecule has 1 aromatic carbocycles. The molecule has 1 aliphatic rings. The lowest BCUT2D eigenvalue weighted by Crippen LogP contribution is -2.40. The van der Waals surface area contributed by atoms with Gasteiger partial charge in [0.2, 0.25) is 0 Å². The van der Waals surface area contributed by atoms with E-state index in [-0.39, 0.29) is 34.9 Å². The van der Waals surface area contributed by atoms with Gasteiger partial charge >= 0.3 is 25.4 Å². The van der Waals surface area contributed by atoms with Crippen LogP contribution in [0.5, 0.6) is 5.75 Å². The molecule has 16 heteroatoms. The molecule has 0 aliphatic carbocycles. The van der Waals surface area contributed by atoms with Crippen molar-refractivity contribution in [2.75, 3.05) is 19.8 Å². The molecule has 0 amide bonds. The number of aliphatic hydroxyl groups is 1. The Morgan fingerprint density at radius 3 is 2.40 bits per heavy atom. The number of aliphatic hydroxyl groups excluding tert-OH is 1. The predicted octanol–water partition coefficient (Wildman–Crippen LogP) is 3.52. The number of H-pyrrole nitrogens is 1. The van der Waals surface area contributed by atoms with E-state index in [0.717, 1.165) is 4.57 Å². The van der Waals surface area contributed by atoms with Gasteiger partial charge in [-0.15, -0.1) is 0 Å².